The van der Waals surface area contributed by atoms with E-state index < -0.39 is 0 Å². The second-order valence-electron chi connectivity index (χ2n) is 5.44. The number of nitrogens with one attached hydrogen (secondary N) is 2. The second-order valence-corrected chi connectivity index (χ2v) is 6.66. The largest absolute Gasteiger partial charge is 0.317 e. The molecule has 0 spiro atoms. The summed E-state index contributed by atoms with van der Waals surface area (Å²) in [4.78, 5) is 13.8. The van der Waals surface area contributed by atoms with Crippen molar-refractivity contribution in [3.8, 4) is 6.07 Å². The average Bonchev–Trinajstić information content (AvgIpc) is 2.73. The van der Waals surface area contributed by atoms with Gasteiger partial charge in [-0.05, 0) is 51.8 Å². The molecule has 0 aromatic carbocycles. The van der Waals surface area contributed by atoms with Crippen LogP contribution in [0.2, 0.25) is 0 Å². The maximum atomic E-state index is 12.7. The normalized spacial score (nSPS) is 17.5. The lowest BCUT2D eigenvalue weighted by Gasteiger charge is -2.35. The molecule has 108 valence electrons. The Morgan fingerprint density at radius 3 is 2.65 bits per heavy atom. The maximum Gasteiger partial charge on any atom is 0.231 e. The van der Waals surface area contributed by atoms with Crippen LogP contribution in [-0.2, 0) is 4.79 Å². The Balaban J connectivity index is 2.23. The van der Waals surface area contributed by atoms with Gasteiger partial charge in [0, 0.05) is 4.88 Å². The first kappa shape index (κ1) is 15.0. The van der Waals surface area contributed by atoms with Crippen molar-refractivity contribution >= 4 is 22.2 Å². The summed E-state index contributed by atoms with van der Waals surface area (Å²) in [5.74, 6) is 0.0688. The van der Waals surface area contributed by atoms with Crippen molar-refractivity contribution in [2.45, 2.75) is 40.0 Å². The highest BCUT2D eigenvalue weighted by Gasteiger charge is 2.38. The quantitative estimate of drug-likeness (QED) is 0.900. The number of hydrogen-bond acceptors (Lipinski definition) is 4. The monoisotopic (exact) mass is 291 g/mol. The van der Waals surface area contributed by atoms with Gasteiger partial charge < -0.3 is 10.6 Å². The molecule has 0 unspecified atom stereocenters. The molecule has 1 aromatic heterocycles. The first-order valence-electron chi connectivity index (χ1n) is 7.06. The van der Waals surface area contributed by atoms with E-state index in [0.29, 0.717) is 10.6 Å². The number of hydrogen-bond donors (Lipinski definition) is 2. The summed E-state index contributed by atoms with van der Waals surface area (Å²) in [6.07, 6.45) is 2.56. The molecule has 0 aliphatic carbocycles. The van der Waals surface area contributed by atoms with Gasteiger partial charge in [-0.2, -0.15) is 5.26 Å². The predicted octanol–water partition coefficient (Wildman–Crippen LogP) is 2.95. The molecule has 20 heavy (non-hydrogen) atoms. The Labute approximate surface area is 124 Å². The number of carbonyl (C=O) groups is 1. The Hall–Kier alpha value is -1.38. The van der Waals surface area contributed by atoms with Crippen LogP contribution in [0.25, 0.3) is 0 Å². The van der Waals surface area contributed by atoms with Crippen LogP contribution in [0.3, 0.4) is 0 Å². The molecule has 1 aromatic rings. The Bertz CT molecular complexity index is 550. The molecule has 5 heteroatoms. The van der Waals surface area contributed by atoms with Gasteiger partial charge in [-0.15, -0.1) is 11.3 Å². The maximum absolute atomic E-state index is 12.7. The van der Waals surface area contributed by atoms with E-state index in [2.05, 4.69) is 23.6 Å². The fourth-order valence-electron chi connectivity index (χ4n) is 2.73. The summed E-state index contributed by atoms with van der Waals surface area (Å²) in [5.41, 5.74) is 1.30. The van der Waals surface area contributed by atoms with Crippen LogP contribution in [0.4, 0.5) is 5.00 Å². The lowest BCUT2D eigenvalue weighted by atomic mass is 9.76. The number of nitrogens with zero attached hydrogens (tertiary/aromatic N) is 1. The molecular formula is C15H21N3OS. The van der Waals surface area contributed by atoms with Gasteiger partial charge in [0.2, 0.25) is 5.91 Å². The average molecular weight is 291 g/mol. The van der Waals surface area contributed by atoms with Gasteiger partial charge in [-0.1, -0.05) is 6.92 Å². The van der Waals surface area contributed by atoms with Gasteiger partial charge in [-0.3, -0.25) is 4.79 Å². The molecule has 0 atom stereocenters. The van der Waals surface area contributed by atoms with Gasteiger partial charge >= 0.3 is 0 Å². The fraction of sp³-hybridized carbons (Fsp3) is 0.600. The molecule has 2 rings (SSSR count). The molecule has 1 amide bonds. The minimum atomic E-state index is -0.288. The zero-order valence-electron chi connectivity index (χ0n) is 12.3. The number of carbonyl (C=O) groups excluding carboxylic acids is 1. The lowest BCUT2D eigenvalue weighted by molar-refractivity contribution is -0.127. The smallest absolute Gasteiger partial charge is 0.231 e. The van der Waals surface area contributed by atoms with E-state index in [1.807, 2.05) is 13.8 Å². The Kier molecular flexibility index (Phi) is 4.46. The van der Waals surface area contributed by atoms with Crippen molar-refractivity contribution in [1.29, 1.82) is 5.26 Å². The van der Waals surface area contributed by atoms with Crippen LogP contribution in [0, 0.1) is 30.6 Å². The van der Waals surface area contributed by atoms with Crippen molar-refractivity contribution in [3.63, 3.8) is 0 Å². The van der Waals surface area contributed by atoms with Crippen LogP contribution in [0.5, 0.6) is 0 Å². The van der Waals surface area contributed by atoms with Crippen LogP contribution in [0.15, 0.2) is 0 Å². The van der Waals surface area contributed by atoms with Gasteiger partial charge in [0.1, 0.15) is 11.1 Å². The first-order valence-corrected chi connectivity index (χ1v) is 7.88. The number of anilines is 1. The van der Waals surface area contributed by atoms with Crippen LogP contribution in [-0.4, -0.2) is 19.0 Å². The zero-order chi connectivity index (χ0) is 14.8. The van der Waals surface area contributed by atoms with E-state index in [9.17, 15) is 10.1 Å². The molecule has 1 saturated heterocycles. The third-order valence-electron chi connectivity index (χ3n) is 4.44. The lowest BCUT2D eigenvalue weighted by Crippen LogP contribution is -2.44. The molecule has 1 fully saturated rings. The van der Waals surface area contributed by atoms with Crippen molar-refractivity contribution in [1.82, 2.24) is 5.32 Å². The van der Waals surface area contributed by atoms with Crippen LogP contribution < -0.4 is 10.6 Å². The molecular weight excluding hydrogens is 270 g/mol. The number of amides is 1. The minimum absolute atomic E-state index is 0.0688. The number of thiophene rings is 1. The van der Waals surface area contributed by atoms with Gasteiger partial charge in [0.05, 0.1) is 11.0 Å². The van der Waals surface area contributed by atoms with E-state index in [0.717, 1.165) is 42.8 Å². The number of piperidine rings is 1. The van der Waals surface area contributed by atoms with Crippen molar-refractivity contribution in [2.24, 2.45) is 5.41 Å². The number of rotatable bonds is 3. The highest BCUT2D eigenvalue weighted by atomic mass is 32.1. The standard InChI is InChI=1S/C15H21N3OS/c1-4-15(5-7-17-8-6-15)14(19)18-13-12(9-16)10(2)11(3)20-13/h17H,4-8H2,1-3H3,(H,18,19). The molecule has 0 saturated carbocycles. The Morgan fingerprint density at radius 2 is 2.10 bits per heavy atom. The van der Waals surface area contributed by atoms with Gasteiger partial charge in [0.25, 0.3) is 0 Å². The molecule has 0 bridgehead atoms. The summed E-state index contributed by atoms with van der Waals surface area (Å²) >= 11 is 1.50. The van der Waals surface area contributed by atoms with Crippen LogP contribution >= 0.6 is 11.3 Å². The number of nitriles is 1. The van der Waals surface area contributed by atoms with E-state index in [-0.39, 0.29) is 11.3 Å². The van der Waals surface area contributed by atoms with Crippen molar-refractivity contribution in [3.05, 3.63) is 16.0 Å². The van der Waals surface area contributed by atoms with Crippen molar-refractivity contribution in [2.75, 3.05) is 18.4 Å². The van der Waals surface area contributed by atoms with Gasteiger partial charge in [-0.25, -0.2) is 0 Å². The topological polar surface area (TPSA) is 64.9 Å². The molecule has 2 heterocycles. The van der Waals surface area contributed by atoms with E-state index in [1.54, 1.807) is 0 Å². The highest BCUT2D eigenvalue weighted by Crippen LogP contribution is 2.37. The predicted molar refractivity (Wildman–Crippen MR) is 82.0 cm³/mol. The summed E-state index contributed by atoms with van der Waals surface area (Å²) in [5, 5.41) is 16.3. The molecule has 4 nitrogen and oxygen atoms in total. The third kappa shape index (κ3) is 2.58. The highest BCUT2D eigenvalue weighted by molar-refractivity contribution is 7.16. The molecule has 0 radical (unpaired) electrons. The SMILES string of the molecule is CCC1(C(=O)Nc2sc(C)c(C)c2C#N)CCNCC1. The summed E-state index contributed by atoms with van der Waals surface area (Å²) in [6, 6.07) is 2.21. The Morgan fingerprint density at radius 1 is 1.45 bits per heavy atom. The van der Waals surface area contributed by atoms with Crippen molar-refractivity contribution < 1.29 is 4.79 Å². The van der Waals surface area contributed by atoms with E-state index >= 15 is 0 Å². The summed E-state index contributed by atoms with van der Waals surface area (Å²) in [7, 11) is 0. The summed E-state index contributed by atoms with van der Waals surface area (Å²) in [6.45, 7) is 7.75. The minimum Gasteiger partial charge on any atom is -0.317 e. The molecule has 2 N–H and O–H groups in total. The second kappa shape index (κ2) is 5.94. The van der Waals surface area contributed by atoms with E-state index in [1.165, 1.54) is 11.3 Å². The summed E-state index contributed by atoms with van der Waals surface area (Å²) < 4.78 is 0. The molecule has 1 aliphatic heterocycles. The van der Waals surface area contributed by atoms with Crippen LogP contribution in [0.1, 0.15) is 42.2 Å². The number of aryl methyl sites for hydroxylation is 1. The zero-order valence-corrected chi connectivity index (χ0v) is 13.1. The molecule has 1 aliphatic rings. The fourth-order valence-corrected chi connectivity index (χ4v) is 3.74. The third-order valence-corrected chi connectivity index (χ3v) is 5.57. The van der Waals surface area contributed by atoms with Gasteiger partial charge in [0.15, 0.2) is 0 Å². The first-order chi connectivity index (χ1) is 9.54. The van der Waals surface area contributed by atoms with E-state index in [4.69, 9.17) is 0 Å².